The Morgan fingerprint density at radius 1 is 1.25 bits per heavy atom. The lowest BCUT2D eigenvalue weighted by Gasteiger charge is -2.33. The maximum atomic E-state index is 12.5. The van der Waals surface area contributed by atoms with Gasteiger partial charge >= 0.3 is 0 Å². The largest absolute Gasteiger partial charge is 0.369 e. The molecular weight excluding hydrogens is 252 g/mol. The SMILES string of the molecule is CCNc1ccc(C(=O)N(CC)C2CCCCC2)nn1. The van der Waals surface area contributed by atoms with Crippen LogP contribution in [0.1, 0.15) is 56.4 Å². The maximum Gasteiger partial charge on any atom is 0.274 e. The Hall–Kier alpha value is -1.65. The number of nitrogens with zero attached hydrogens (tertiary/aromatic N) is 3. The number of hydrogen-bond acceptors (Lipinski definition) is 4. The van der Waals surface area contributed by atoms with E-state index in [1.54, 1.807) is 6.07 Å². The van der Waals surface area contributed by atoms with Crippen LogP contribution < -0.4 is 5.32 Å². The molecule has 0 aliphatic heterocycles. The fourth-order valence-corrected chi connectivity index (χ4v) is 2.83. The molecule has 0 atom stereocenters. The number of anilines is 1. The third-order valence-electron chi connectivity index (χ3n) is 3.86. The van der Waals surface area contributed by atoms with Crippen molar-refractivity contribution in [1.82, 2.24) is 15.1 Å². The van der Waals surface area contributed by atoms with Crippen molar-refractivity contribution >= 4 is 11.7 Å². The van der Waals surface area contributed by atoms with Crippen molar-refractivity contribution in [3.63, 3.8) is 0 Å². The zero-order chi connectivity index (χ0) is 14.4. The van der Waals surface area contributed by atoms with Crippen LogP contribution in [-0.2, 0) is 0 Å². The lowest BCUT2D eigenvalue weighted by atomic mass is 9.94. The highest BCUT2D eigenvalue weighted by molar-refractivity contribution is 5.92. The number of amides is 1. The number of hydrogen-bond donors (Lipinski definition) is 1. The van der Waals surface area contributed by atoms with Gasteiger partial charge < -0.3 is 10.2 Å². The van der Waals surface area contributed by atoms with E-state index < -0.39 is 0 Å². The highest BCUT2D eigenvalue weighted by Gasteiger charge is 2.25. The standard InChI is InChI=1S/C15H24N4O/c1-3-16-14-11-10-13(17-18-14)15(20)19(4-2)12-8-6-5-7-9-12/h10-12H,3-9H2,1-2H3,(H,16,18). The second kappa shape index (κ2) is 7.22. The number of nitrogens with one attached hydrogen (secondary N) is 1. The van der Waals surface area contributed by atoms with Gasteiger partial charge in [0.2, 0.25) is 0 Å². The average molecular weight is 276 g/mol. The quantitative estimate of drug-likeness (QED) is 0.898. The molecule has 5 nitrogen and oxygen atoms in total. The monoisotopic (exact) mass is 276 g/mol. The summed E-state index contributed by atoms with van der Waals surface area (Å²) in [6.45, 7) is 5.57. The summed E-state index contributed by atoms with van der Waals surface area (Å²) in [5.41, 5.74) is 0.444. The number of carbonyl (C=O) groups excluding carboxylic acids is 1. The lowest BCUT2D eigenvalue weighted by molar-refractivity contribution is 0.0640. The molecule has 1 heterocycles. The molecule has 0 bridgehead atoms. The van der Waals surface area contributed by atoms with Crippen molar-refractivity contribution in [3.05, 3.63) is 17.8 Å². The summed E-state index contributed by atoms with van der Waals surface area (Å²) >= 11 is 0. The molecule has 0 unspecified atom stereocenters. The molecule has 1 aliphatic carbocycles. The molecule has 0 saturated heterocycles. The highest BCUT2D eigenvalue weighted by atomic mass is 16.2. The molecule has 5 heteroatoms. The molecule has 0 aromatic carbocycles. The summed E-state index contributed by atoms with van der Waals surface area (Å²) in [6, 6.07) is 3.95. The Bertz CT molecular complexity index is 426. The van der Waals surface area contributed by atoms with Crippen molar-refractivity contribution < 1.29 is 4.79 Å². The van der Waals surface area contributed by atoms with Crippen molar-refractivity contribution in [1.29, 1.82) is 0 Å². The molecule has 110 valence electrons. The molecule has 1 N–H and O–H groups in total. The van der Waals surface area contributed by atoms with E-state index in [4.69, 9.17) is 0 Å². The summed E-state index contributed by atoms with van der Waals surface area (Å²) in [6.07, 6.45) is 5.96. The minimum Gasteiger partial charge on any atom is -0.369 e. The van der Waals surface area contributed by atoms with Gasteiger partial charge in [-0.15, -0.1) is 10.2 Å². The van der Waals surface area contributed by atoms with Crippen molar-refractivity contribution in [2.75, 3.05) is 18.4 Å². The summed E-state index contributed by atoms with van der Waals surface area (Å²) in [5, 5.41) is 11.2. The van der Waals surface area contributed by atoms with E-state index in [0.29, 0.717) is 17.6 Å². The van der Waals surface area contributed by atoms with Gasteiger partial charge in [0.25, 0.3) is 5.91 Å². The minimum atomic E-state index is 0.00921. The van der Waals surface area contributed by atoms with E-state index in [1.807, 2.05) is 24.8 Å². The number of carbonyl (C=O) groups is 1. The van der Waals surface area contributed by atoms with E-state index in [9.17, 15) is 4.79 Å². The second-order valence-electron chi connectivity index (χ2n) is 5.22. The van der Waals surface area contributed by atoms with Crippen molar-refractivity contribution in [3.8, 4) is 0 Å². The molecule has 1 aliphatic rings. The Morgan fingerprint density at radius 2 is 2.00 bits per heavy atom. The first-order chi connectivity index (χ1) is 9.76. The van der Waals surface area contributed by atoms with Crippen LogP contribution in [0.15, 0.2) is 12.1 Å². The Labute approximate surface area is 120 Å². The molecule has 1 aromatic rings. The Morgan fingerprint density at radius 3 is 2.55 bits per heavy atom. The predicted molar refractivity (Wildman–Crippen MR) is 79.8 cm³/mol. The maximum absolute atomic E-state index is 12.5. The molecule has 1 amide bonds. The van der Waals surface area contributed by atoms with Crippen molar-refractivity contribution in [2.24, 2.45) is 0 Å². The lowest BCUT2D eigenvalue weighted by Crippen LogP contribution is -2.41. The molecule has 2 rings (SSSR count). The average Bonchev–Trinajstić information content (AvgIpc) is 2.50. The van der Waals surface area contributed by atoms with Gasteiger partial charge in [-0.05, 0) is 38.8 Å². The molecule has 0 radical (unpaired) electrons. The van der Waals surface area contributed by atoms with Crippen molar-refractivity contribution in [2.45, 2.75) is 52.0 Å². The molecule has 1 fully saturated rings. The fourth-order valence-electron chi connectivity index (χ4n) is 2.83. The first-order valence-electron chi connectivity index (χ1n) is 7.64. The van der Waals surface area contributed by atoms with Crippen LogP contribution in [-0.4, -0.2) is 40.1 Å². The topological polar surface area (TPSA) is 58.1 Å². The zero-order valence-electron chi connectivity index (χ0n) is 12.4. The van der Waals surface area contributed by atoms with Crippen LogP contribution in [0.3, 0.4) is 0 Å². The van der Waals surface area contributed by atoms with Gasteiger partial charge in [0, 0.05) is 19.1 Å². The van der Waals surface area contributed by atoms with Crippen LogP contribution in [0.4, 0.5) is 5.82 Å². The molecule has 1 aromatic heterocycles. The Balaban J connectivity index is 2.07. The predicted octanol–water partition coefficient (Wildman–Crippen LogP) is 2.70. The Kier molecular flexibility index (Phi) is 5.32. The summed E-state index contributed by atoms with van der Waals surface area (Å²) in [7, 11) is 0. The van der Waals surface area contributed by atoms with E-state index in [0.717, 1.165) is 25.9 Å². The summed E-state index contributed by atoms with van der Waals surface area (Å²) in [5.74, 6) is 0.722. The highest BCUT2D eigenvalue weighted by Crippen LogP contribution is 2.23. The fraction of sp³-hybridized carbons (Fsp3) is 0.667. The van der Waals surface area contributed by atoms with Crippen LogP contribution >= 0.6 is 0 Å². The van der Waals surface area contributed by atoms with E-state index in [2.05, 4.69) is 15.5 Å². The van der Waals surface area contributed by atoms with Gasteiger partial charge in [0.15, 0.2) is 5.69 Å². The zero-order valence-corrected chi connectivity index (χ0v) is 12.4. The number of rotatable bonds is 5. The van der Waals surface area contributed by atoms with E-state index >= 15 is 0 Å². The molecule has 20 heavy (non-hydrogen) atoms. The van der Waals surface area contributed by atoms with Gasteiger partial charge in [0.1, 0.15) is 5.82 Å². The van der Waals surface area contributed by atoms with Gasteiger partial charge in [-0.25, -0.2) is 0 Å². The first-order valence-corrected chi connectivity index (χ1v) is 7.64. The molecule has 0 spiro atoms. The minimum absolute atomic E-state index is 0.00921. The third kappa shape index (κ3) is 3.46. The van der Waals surface area contributed by atoms with Crippen LogP contribution in [0.5, 0.6) is 0 Å². The second-order valence-corrected chi connectivity index (χ2v) is 5.22. The smallest absolute Gasteiger partial charge is 0.274 e. The van der Waals surface area contributed by atoms with Gasteiger partial charge in [-0.2, -0.15) is 0 Å². The first kappa shape index (κ1) is 14.8. The molecular formula is C15H24N4O. The summed E-state index contributed by atoms with van der Waals surface area (Å²) < 4.78 is 0. The van der Waals surface area contributed by atoms with E-state index in [-0.39, 0.29) is 5.91 Å². The van der Waals surface area contributed by atoms with Crippen LogP contribution in [0.2, 0.25) is 0 Å². The normalized spacial score (nSPS) is 15.9. The molecule has 1 saturated carbocycles. The third-order valence-corrected chi connectivity index (χ3v) is 3.86. The van der Waals surface area contributed by atoms with Crippen LogP contribution in [0, 0.1) is 0 Å². The summed E-state index contributed by atoms with van der Waals surface area (Å²) in [4.78, 5) is 14.5. The number of aromatic nitrogens is 2. The van der Waals surface area contributed by atoms with Gasteiger partial charge in [0.05, 0.1) is 0 Å². The van der Waals surface area contributed by atoms with E-state index in [1.165, 1.54) is 19.3 Å². The van der Waals surface area contributed by atoms with Crippen LogP contribution in [0.25, 0.3) is 0 Å². The van der Waals surface area contributed by atoms with Gasteiger partial charge in [-0.1, -0.05) is 19.3 Å². The van der Waals surface area contributed by atoms with Gasteiger partial charge in [-0.3, -0.25) is 4.79 Å².